The van der Waals surface area contributed by atoms with Gasteiger partial charge in [0.2, 0.25) is 0 Å². The molecule has 0 spiro atoms. The summed E-state index contributed by atoms with van der Waals surface area (Å²) in [4.78, 5) is 5.73. The lowest BCUT2D eigenvalue weighted by atomic mass is 10.2. The van der Waals surface area contributed by atoms with Crippen LogP contribution in [-0.4, -0.2) is 54.1 Å². The molecule has 0 atom stereocenters. The highest BCUT2D eigenvalue weighted by molar-refractivity contribution is 7.80. The number of nitrogens with zero attached hydrogens (tertiary/aromatic N) is 2. The molecule has 1 saturated carbocycles. The first kappa shape index (κ1) is 11.3. The lowest BCUT2D eigenvalue weighted by Crippen LogP contribution is -2.47. The highest BCUT2D eigenvalue weighted by atomic mass is 32.1. The molecule has 0 radical (unpaired) electrons. The van der Waals surface area contributed by atoms with E-state index in [2.05, 4.69) is 9.80 Å². The van der Waals surface area contributed by atoms with E-state index in [1.165, 1.54) is 45.6 Å². The SMILES string of the molecule is NC(=S)CCN1CCN(CC2CC2)CC1. The molecule has 2 fully saturated rings. The van der Waals surface area contributed by atoms with E-state index in [4.69, 9.17) is 18.0 Å². The van der Waals surface area contributed by atoms with Gasteiger partial charge < -0.3 is 15.5 Å². The third-order valence-corrected chi connectivity index (χ3v) is 3.56. The van der Waals surface area contributed by atoms with Gasteiger partial charge in [0.15, 0.2) is 0 Å². The molecule has 0 aromatic carbocycles. The summed E-state index contributed by atoms with van der Waals surface area (Å²) >= 11 is 4.89. The maximum Gasteiger partial charge on any atom is 0.0740 e. The summed E-state index contributed by atoms with van der Waals surface area (Å²) < 4.78 is 0. The third-order valence-electron chi connectivity index (χ3n) is 3.35. The molecule has 4 heteroatoms. The van der Waals surface area contributed by atoms with Gasteiger partial charge in [-0.1, -0.05) is 12.2 Å². The molecule has 1 aliphatic heterocycles. The molecule has 86 valence electrons. The van der Waals surface area contributed by atoms with Crippen molar-refractivity contribution in [3.05, 3.63) is 0 Å². The second-order valence-electron chi connectivity index (χ2n) is 4.80. The molecule has 1 heterocycles. The van der Waals surface area contributed by atoms with Crippen molar-refractivity contribution in [2.24, 2.45) is 11.7 Å². The van der Waals surface area contributed by atoms with E-state index in [-0.39, 0.29) is 0 Å². The Morgan fingerprint density at radius 1 is 1.13 bits per heavy atom. The van der Waals surface area contributed by atoms with Crippen molar-refractivity contribution in [2.75, 3.05) is 39.3 Å². The van der Waals surface area contributed by atoms with Crippen molar-refractivity contribution >= 4 is 17.2 Å². The standard InChI is InChI=1S/C11H21N3S/c12-11(15)3-4-13-5-7-14(8-6-13)9-10-1-2-10/h10H,1-9H2,(H2,12,15). The Morgan fingerprint density at radius 3 is 2.27 bits per heavy atom. The van der Waals surface area contributed by atoms with E-state index in [1.54, 1.807) is 0 Å². The minimum atomic E-state index is 0.649. The maximum absolute atomic E-state index is 5.51. The molecule has 2 rings (SSSR count). The van der Waals surface area contributed by atoms with Crippen molar-refractivity contribution in [1.29, 1.82) is 0 Å². The summed E-state index contributed by atoms with van der Waals surface area (Å²) in [5, 5.41) is 0. The van der Waals surface area contributed by atoms with Crippen LogP contribution in [0, 0.1) is 5.92 Å². The average Bonchev–Trinajstić information content (AvgIpc) is 3.01. The predicted molar refractivity (Wildman–Crippen MR) is 67.0 cm³/mol. The molecule has 0 unspecified atom stereocenters. The molecular weight excluding hydrogens is 206 g/mol. The van der Waals surface area contributed by atoms with Crippen LogP contribution in [0.1, 0.15) is 19.3 Å². The van der Waals surface area contributed by atoms with Gasteiger partial charge in [0.1, 0.15) is 0 Å². The summed E-state index contributed by atoms with van der Waals surface area (Å²) in [5.41, 5.74) is 5.51. The van der Waals surface area contributed by atoms with Crippen LogP contribution in [0.4, 0.5) is 0 Å². The molecule has 0 aromatic heterocycles. The highest BCUT2D eigenvalue weighted by Gasteiger charge is 2.26. The molecule has 1 aliphatic carbocycles. The molecule has 2 aliphatic rings. The first-order valence-corrected chi connectivity index (χ1v) is 6.38. The lowest BCUT2D eigenvalue weighted by molar-refractivity contribution is 0.131. The average molecular weight is 227 g/mol. The molecule has 0 amide bonds. The van der Waals surface area contributed by atoms with E-state index in [1.807, 2.05) is 0 Å². The monoisotopic (exact) mass is 227 g/mol. The van der Waals surface area contributed by atoms with Crippen LogP contribution in [0.3, 0.4) is 0 Å². The number of hydrogen-bond acceptors (Lipinski definition) is 3. The third kappa shape index (κ3) is 4.05. The van der Waals surface area contributed by atoms with Crippen molar-refractivity contribution in [3.8, 4) is 0 Å². The second-order valence-corrected chi connectivity index (χ2v) is 5.33. The number of thiocarbonyl (C=S) groups is 1. The molecule has 0 bridgehead atoms. The van der Waals surface area contributed by atoms with E-state index in [0.29, 0.717) is 4.99 Å². The van der Waals surface area contributed by atoms with Crippen molar-refractivity contribution in [1.82, 2.24) is 9.80 Å². The van der Waals surface area contributed by atoms with Gasteiger partial charge in [-0.25, -0.2) is 0 Å². The number of rotatable bonds is 5. The van der Waals surface area contributed by atoms with Gasteiger partial charge in [0.05, 0.1) is 4.99 Å². The van der Waals surface area contributed by atoms with Gasteiger partial charge >= 0.3 is 0 Å². The number of nitrogens with two attached hydrogens (primary N) is 1. The van der Waals surface area contributed by atoms with Crippen LogP contribution in [0.2, 0.25) is 0 Å². The number of piperazine rings is 1. The minimum Gasteiger partial charge on any atom is -0.393 e. The highest BCUT2D eigenvalue weighted by Crippen LogP contribution is 2.29. The van der Waals surface area contributed by atoms with Crippen LogP contribution in [0.5, 0.6) is 0 Å². The molecule has 15 heavy (non-hydrogen) atoms. The molecule has 1 saturated heterocycles. The summed E-state index contributed by atoms with van der Waals surface area (Å²) in [7, 11) is 0. The van der Waals surface area contributed by atoms with Gasteiger partial charge in [0.25, 0.3) is 0 Å². The Balaban J connectivity index is 1.60. The van der Waals surface area contributed by atoms with E-state index in [0.717, 1.165) is 18.9 Å². The van der Waals surface area contributed by atoms with Crippen molar-refractivity contribution in [2.45, 2.75) is 19.3 Å². The second kappa shape index (κ2) is 5.23. The minimum absolute atomic E-state index is 0.649. The van der Waals surface area contributed by atoms with Gasteiger partial charge in [0, 0.05) is 45.7 Å². The van der Waals surface area contributed by atoms with E-state index >= 15 is 0 Å². The zero-order valence-electron chi connectivity index (χ0n) is 9.32. The summed E-state index contributed by atoms with van der Waals surface area (Å²) in [6.07, 6.45) is 3.79. The van der Waals surface area contributed by atoms with Gasteiger partial charge in [-0.2, -0.15) is 0 Å². The Bertz CT molecular complexity index is 220. The zero-order chi connectivity index (χ0) is 10.7. The van der Waals surface area contributed by atoms with Gasteiger partial charge in [-0.05, 0) is 18.8 Å². The first-order chi connectivity index (χ1) is 7.24. The Labute approximate surface area is 97.6 Å². The van der Waals surface area contributed by atoms with Gasteiger partial charge in [-0.3, -0.25) is 0 Å². The van der Waals surface area contributed by atoms with Crippen molar-refractivity contribution < 1.29 is 0 Å². The fourth-order valence-corrected chi connectivity index (χ4v) is 2.22. The Morgan fingerprint density at radius 2 is 1.73 bits per heavy atom. The van der Waals surface area contributed by atoms with Gasteiger partial charge in [-0.15, -0.1) is 0 Å². The fourth-order valence-electron chi connectivity index (χ4n) is 2.13. The van der Waals surface area contributed by atoms with Crippen LogP contribution >= 0.6 is 12.2 Å². The lowest BCUT2D eigenvalue weighted by Gasteiger charge is -2.34. The predicted octanol–water partition coefficient (Wildman–Crippen LogP) is 0.690. The Hall–Kier alpha value is -0.190. The van der Waals surface area contributed by atoms with Crippen LogP contribution in [0.25, 0.3) is 0 Å². The molecule has 2 N–H and O–H groups in total. The van der Waals surface area contributed by atoms with Crippen LogP contribution in [0.15, 0.2) is 0 Å². The topological polar surface area (TPSA) is 32.5 Å². The molecular formula is C11H21N3S. The summed E-state index contributed by atoms with van der Waals surface area (Å²) in [6, 6.07) is 0. The Kier molecular flexibility index (Phi) is 3.94. The van der Waals surface area contributed by atoms with Crippen LogP contribution < -0.4 is 5.73 Å². The summed E-state index contributed by atoms with van der Waals surface area (Å²) in [6.45, 7) is 7.22. The largest absolute Gasteiger partial charge is 0.393 e. The first-order valence-electron chi connectivity index (χ1n) is 5.97. The smallest absolute Gasteiger partial charge is 0.0740 e. The quantitative estimate of drug-likeness (QED) is 0.701. The fraction of sp³-hybridized carbons (Fsp3) is 0.909. The molecule has 0 aromatic rings. The van der Waals surface area contributed by atoms with Crippen molar-refractivity contribution in [3.63, 3.8) is 0 Å². The normalized spacial score (nSPS) is 24.3. The number of hydrogen-bond donors (Lipinski definition) is 1. The maximum atomic E-state index is 5.51. The van der Waals surface area contributed by atoms with Crippen LogP contribution in [-0.2, 0) is 0 Å². The summed E-state index contributed by atoms with van der Waals surface area (Å²) in [5.74, 6) is 1.02. The zero-order valence-corrected chi connectivity index (χ0v) is 10.1. The molecule has 3 nitrogen and oxygen atoms in total. The van der Waals surface area contributed by atoms with E-state index in [9.17, 15) is 0 Å². The van der Waals surface area contributed by atoms with E-state index < -0.39 is 0 Å².